The largest absolute Gasteiger partial charge is 0.269 e. The van der Waals surface area contributed by atoms with Gasteiger partial charge in [-0.3, -0.25) is 10.1 Å². The zero-order valence-corrected chi connectivity index (χ0v) is 11.6. The summed E-state index contributed by atoms with van der Waals surface area (Å²) in [5.41, 5.74) is 3.44. The lowest BCUT2D eigenvalue weighted by atomic mass is 10.1. The standard InChI is InChI=1S/C13H14BrNO2/c1-9(2)10(3)13(14)8-11-4-6-12(7-5-11)15(16)17/h4-8H,1-3H3/b13-8+. The number of hydrogen-bond acceptors (Lipinski definition) is 2. The molecular weight excluding hydrogens is 282 g/mol. The molecule has 3 nitrogen and oxygen atoms in total. The monoisotopic (exact) mass is 295 g/mol. The fourth-order valence-corrected chi connectivity index (χ4v) is 1.85. The van der Waals surface area contributed by atoms with Crippen molar-refractivity contribution in [3.05, 3.63) is 55.6 Å². The highest BCUT2D eigenvalue weighted by molar-refractivity contribution is 9.12. The van der Waals surface area contributed by atoms with Crippen molar-refractivity contribution in [2.75, 3.05) is 0 Å². The van der Waals surface area contributed by atoms with Gasteiger partial charge in [0.05, 0.1) is 4.92 Å². The summed E-state index contributed by atoms with van der Waals surface area (Å²) in [7, 11) is 0. The third-order valence-corrected chi connectivity index (χ3v) is 3.33. The maximum absolute atomic E-state index is 10.5. The Kier molecular flexibility index (Phi) is 4.63. The average molecular weight is 296 g/mol. The quantitative estimate of drug-likeness (QED) is 0.461. The highest BCUT2D eigenvalue weighted by Gasteiger charge is 2.03. The van der Waals surface area contributed by atoms with Crippen LogP contribution >= 0.6 is 15.9 Å². The van der Waals surface area contributed by atoms with Gasteiger partial charge in [-0.15, -0.1) is 0 Å². The topological polar surface area (TPSA) is 43.1 Å². The summed E-state index contributed by atoms with van der Waals surface area (Å²) in [5, 5.41) is 10.5. The summed E-state index contributed by atoms with van der Waals surface area (Å²) in [6.45, 7) is 6.11. The van der Waals surface area contributed by atoms with Crippen molar-refractivity contribution in [1.82, 2.24) is 0 Å². The van der Waals surface area contributed by atoms with Gasteiger partial charge in [0.1, 0.15) is 0 Å². The Hall–Kier alpha value is -1.42. The predicted octanol–water partition coefficient (Wildman–Crippen LogP) is 4.69. The van der Waals surface area contributed by atoms with E-state index >= 15 is 0 Å². The van der Waals surface area contributed by atoms with E-state index in [1.165, 1.54) is 23.3 Å². The van der Waals surface area contributed by atoms with Gasteiger partial charge < -0.3 is 0 Å². The maximum Gasteiger partial charge on any atom is 0.269 e. The molecule has 0 aliphatic rings. The fourth-order valence-electron chi connectivity index (χ4n) is 1.19. The highest BCUT2D eigenvalue weighted by atomic mass is 79.9. The summed E-state index contributed by atoms with van der Waals surface area (Å²) in [4.78, 5) is 10.1. The van der Waals surface area contributed by atoms with Crippen LogP contribution in [0.2, 0.25) is 0 Å². The van der Waals surface area contributed by atoms with Crippen LogP contribution in [0, 0.1) is 10.1 Å². The molecule has 1 aromatic carbocycles. The molecule has 0 atom stereocenters. The number of nitrogens with zero attached hydrogens (tertiary/aromatic N) is 1. The van der Waals surface area contributed by atoms with Crippen molar-refractivity contribution in [1.29, 1.82) is 0 Å². The molecule has 1 aromatic rings. The van der Waals surface area contributed by atoms with E-state index in [9.17, 15) is 10.1 Å². The summed E-state index contributed by atoms with van der Waals surface area (Å²) < 4.78 is 0.992. The van der Waals surface area contributed by atoms with Crippen LogP contribution in [-0.2, 0) is 0 Å². The number of benzene rings is 1. The van der Waals surface area contributed by atoms with E-state index < -0.39 is 4.92 Å². The molecule has 0 aliphatic heterocycles. The minimum atomic E-state index is -0.399. The van der Waals surface area contributed by atoms with Crippen molar-refractivity contribution in [3.8, 4) is 0 Å². The minimum absolute atomic E-state index is 0.109. The number of allylic oxidation sites excluding steroid dienone is 3. The molecule has 4 heteroatoms. The molecule has 0 radical (unpaired) electrons. The van der Waals surface area contributed by atoms with Crippen molar-refractivity contribution < 1.29 is 4.92 Å². The van der Waals surface area contributed by atoms with Crippen LogP contribution in [0.5, 0.6) is 0 Å². The Morgan fingerprint density at radius 3 is 2.18 bits per heavy atom. The fraction of sp³-hybridized carbons (Fsp3) is 0.231. The minimum Gasteiger partial charge on any atom is -0.258 e. The smallest absolute Gasteiger partial charge is 0.258 e. The number of non-ortho nitro benzene ring substituents is 1. The van der Waals surface area contributed by atoms with E-state index in [1.54, 1.807) is 12.1 Å². The summed E-state index contributed by atoms with van der Waals surface area (Å²) >= 11 is 3.50. The zero-order chi connectivity index (χ0) is 13.0. The van der Waals surface area contributed by atoms with Gasteiger partial charge in [0.2, 0.25) is 0 Å². The molecule has 1 rings (SSSR count). The molecule has 17 heavy (non-hydrogen) atoms. The number of rotatable bonds is 3. The number of nitro benzene ring substituents is 1. The maximum atomic E-state index is 10.5. The van der Waals surface area contributed by atoms with Gasteiger partial charge in [-0.1, -0.05) is 21.5 Å². The predicted molar refractivity (Wildman–Crippen MR) is 74.0 cm³/mol. The molecule has 90 valence electrons. The third kappa shape index (κ3) is 3.82. The second kappa shape index (κ2) is 5.77. The highest BCUT2D eigenvalue weighted by Crippen LogP contribution is 2.23. The number of hydrogen-bond donors (Lipinski definition) is 0. The van der Waals surface area contributed by atoms with Gasteiger partial charge in [-0.2, -0.15) is 0 Å². The molecule has 0 bridgehead atoms. The molecule has 0 saturated carbocycles. The lowest BCUT2D eigenvalue weighted by Gasteiger charge is -2.02. The Morgan fingerprint density at radius 1 is 1.24 bits per heavy atom. The van der Waals surface area contributed by atoms with Gasteiger partial charge >= 0.3 is 0 Å². The Morgan fingerprint density at radius 2 is 1.76 bits per heavy atom. The van der Waals surface area contributed by atoms with Crippen LogP contribution in [0.3, 0.4) is 0 Å². The Labute approximate surface area is 109 Å². The zero-order valence-electron chi connectivity index (χ0n) is 10.0. The van der Waals surface area contributed by atoms with E-state index in [2.05, 4.69) is 15.9 Å². The third-order valence-electron chi connectivity index (χ3n) is 2.51. The number of halogens is 1. The molecular formula is C13H14BrNO2. The summed E-state index contributed by atoms with van der Waals surface area (Å²) in [6.07, 6.45) is 1.95. The molecule has 0 unspecified atom stereocenters. The lowest BCUT2D eigenvalue weighted by Crippen LogP contribution is -1.87. The molecule has 0 aliphatic carbocycles. The second-order valence-electron chi connectivity index (χ2n) is 3.97. The van der Waals surface area contributed by atoms with Crippen LogP contribution < -0.4 is 0 Å². The molecule has 0 N–H and O–H groups in total. The van der Waals surface area contributed by atoms with Crippen molar-refractivity contribution in [2.24, 2.45) is 0 Å². The van der Waals surface area contributed by atoms with E-state index in [0.717, 1.165) is 10.0 Å². The first-order valence-electron chi connectivity index (χ1n) is 5.18. The van der Waals surface area contributed by atoms with Crippen molar-refractivity contribution in [3.63, 3.8) is 0 Å². The molecule has 0 fully saturated rings. The van der Waals surface area contributed by atoms with Gasteiger partial charge in [0.15, 0.2) is 0 Å². The van der Waals surface area contributed by atoms with Crippen LogP contribution in [0.1, 0.15) is 26.3 Å². The first kappa shape index (κ1) is 13.6. The molecule has 0 saturated heterocycles. The summed E-state index contributed by atoms with van der Waals surface area (Å²) in [5.74, 6) is 0. The van der Waals surface area contributed by atoms with E-state index in [-0.39, 0.29) is 5.69 Å². The average Bonchev–Trinajstić information content (AvgIpc) is 2.28. The van der Waals surface area contributed by atoms with Crippen LogP contribution in [0.15, 0.2) is 39.9 Å². The van der Waals surface area contributed by atoms with Crippen LogP contribution in [0.4, 0.5) is 5.69 Å². The van der Waals surface area contributed by atoms with Crippen LogP contribution in [-0.4, -0.2) is 4.92 Å². The van der Waals surface area contributed by atoms with Gasteiger partial charge in [0.25, 0.3) is 5.69 Å². The second-order valence-corrected chi connectivity index (χ2v) is 4.82. The Bertz CT molecular complexity index is 483. The molecule has 0 heterocycles. The number of nitro groups is 1. The first-order chi connectivity index (χ1) is 7.91. The molecule has 0 spiro atoms. The van der Waals surface area contributed by atoms with E-state index in [1.807, 2.05) is 26.8 Å². The summed E-state index contributed by atoms with van der Waals surface area (Å²) in [6, 6.07) is 6.48. The van der Waals surface area contributed by atoms with Gasteiger partial charge in [0, 0.05) is 16.6 Å². The van der Waals surface area contributed by atoms with E-state index in [0.29, 0.717) is 0 Å². The SMILES string of the molecule is CC(C)=C(C)/C(Br)=C\c1ccc([N+](=O)[O-])cc1. The van der Waals surface area contributed by atoms with E-state index in [4.69, 9.17) is 0 Å². The first-order valence-corrected chi connectivity index (χ1v) is 5.97. The normalized spacial score (nSPS) is 11.2. The lowest BCUT2D eigenvalue weighted by molar-refractivity contribution is -0.384. The molecule has 0 aromatic heterocycles. The van der Waals surface area contributed by atoms with Gasteiger partial charge in [-0.05, 0) is 50.1 Å². The molecule has 0 amide bonds. The van der Waals surface area contributed by atoms with Gasteiger partial charge in [-0.25, -0.2) is 0 Å². The van der Waals surface area contributed by atoms with Crippen molar-refractivity contribution in [2.45, 2.75) is 20.8 Å². The Balaban J connectivity index is 3.00. The van der Waals surface area contributed by atoms with Crippen molar-refractivity contribution >= 4 is 27.7 Å². The van der Waals surface area contributed by atoms with Crippen LogP contribution in [0.25, 0.3) is 6.08 Å².